The molecular formula is C12H12IN5O. The molecule has 98 valence electrons. The van der Waals surface area contributed by atoms with E-state index in [1.165, 1.54) is 4.52 Å². The lowest BCUT2D eigenvalue weighted by Crippen LogP contribution is -2.21. The summed E-state index contributed by atoms with van der Waals surface area (Å²) in [6, 6.07) is 0. The molecule has 0 bridgehead atoms. The summed E-state index contributed by atoms with van der Waals surface area (Å²) in [5.41, 5.74) is 3.10. The molecule has 3 heterocycles. The van der Waals surface area contributed by atoms with Crippen LogP contribution in [0.4, 0.5) is 0 Å². The maximum Gasteiger partial charge on any atom is 0.277 e. The van der Waals surface area contributed by atoms with Gasteiger partial charge in [0, 0.05) is 17.5 Å². The first-order valence-corrected chi connectivity index (χ1v) is 6.99. The number of nitrogens with zero attached hydrogens (tertiary/aromatic N) is 4. The SMILES string of the molecule is CCc1c(C)[nH]c2c(-n3cnc(I)c3)cnn2c1=O. The summed E-state index contributed by atoms with van der Waals surface area (Å²) in [7, 11) is 0. The second-order valence-electron chi connectivity index (χ2n) is 4.28. The van der Waals surface area contributed by atoms with E-state index in [0.717, 1.165) is 20.6 Å². The van der Waals surface area contributed by atoms with Gasteiger partial charge in [0.05, 0.1) is 6.20 Å². The number of nitrogens with one attached hydrogen (secondary N) is 1. The Hall–Kier alpha value is -1.64. The van der Waals surface area contributed by atoms with Gasteiger partial charge in [0.1, 0.15) is 15.7 Å². The van der Waals surface area contributed by atoms with Gasteiger partial charge in [0.25, 0.3) is 5.56 Å². The minimum atomic E-state index is -0.0604. The Bertz CT molecular complexity index is 813. The highest BCUT2D eigenvalue weighted by atomic mass is 127. The summed E-state index contributed by atoms with van der Waals surface area (Å²) in [4.78, 5) is 19.7. The minimum Gasteiger partial charge on any atom is -0.342 e. The molecule has 6 nitrogen and oxygen atoms in total. The lowest BCUT2D eigenvalue weighted by Gasteiger charge is -2.05. The molecule has 0 aliphatic carbocycles. The quantitative estimate of drug-likeness (QED) is 0.699. The van der Waals surface area contributed by atoms with Crippen LogP contribution in [-0.4, -0.2) is 24.1 Å². The molecule has 0 fully saturated rings. The number of imidazole rings is 1. The molecule has 0 spiro atoms. The normalized spacial score (nSPS) is 11.3. The van der Waals surface area contributed by atoms with E-state index in [-0.39, 0.29) is 5.56 Å². The van der Waals surface area contributed by atoms with Crippen molar-refractivity contribution in [1.29, 1.82) is 0 Å². The molecule has 19 heavy (non-hydrogen) atoms. The largest absolute Gasteiger partial charge is 0.342 e. The van der Waals surface area contributed by atoms with Crippen LogP contribution in [0.5, 0.6) is 0 Å². The van der Waals surface area contributed by atoms with Crippen LogP contribution < -0.4 is 5.56 Å². The number of hydrogen-bond donors (Lipinski definition) is 1. The van der Waals surface area contributed by atoms with Crippen LogP contribution >= 0.6 is 22.6 Å². The third-order valence-corrected chi connectivity index (χ3v) is 3.70. The second-order valence-corrected chi connectivity index (χ2v) is 5.39. The summed E-state index contributed by atoms with van der Waals surface area (Å²) in [6.07, 6.45) is 5.96. The molecule has 0 amide bonds. The molecule has 0 radical (unpaired) electrons. The maximum atomic E-state index is 12.3. The molecule has 0 saturated heterocycles. The van der Waals surface area contributed by atoms with Gasteiger partial charge < -0.3 is 9.55 Å². The van der Waals surface area contributed by atoms with Crippen LogP contribution in [0.3, 0.4) is 0 Å². The van der Waals surface area contributed by atoms with Crippen LogP contribution in [0.1, 0.15) is 18.2 Å². The van der Waals surface area contributed by atoms with Gasteiger partial charge in [0.15, 0.2) is 5.65 Å². The highest BCUT2D eigenvalue weighted by Gasteiger charge is 2.13. The van der Waals surface area contributed by atoms with Gasteiger partial charge in [0.2, 0.25) is 0 Å². The number of aromatic amines is 1. The Morgan fingerprint density at radius 2 is 2.26 bits per heavy atom. The molecule has 0 aliphatic heterocycles. The fourth-order valence-corrected chi connectivity index (χ4v) is 2.61. The maximum absolute atomic E-state index is 12.3. The lowest BCUT2D eigenvalue weighted by atomic mass is 10.2. The Labute approximate surface area is 122 Å². The van der Waals surface area contributed by atoms with Crippen LogP contribution in [-0.2, 0) is 6.42 Å². The summed E-state index contributed by atoms with van der Waals surface area (Å²) in [5, 5.41) is 4.18. The van der Waals surface area contributed by atoms with Gasteiger partial charge in [-0.3, -0.25) is 4.79 Å². The van der Waals surface area contributed by atoms with Crippen LogP contribution in [0.2, 0.25) is 0 Å². The minimum absolute atomic E-state index is 0.0604. The van der Waals surface area contributed by atoms with Crippen molar-refractivity contribution >= 4 is 28.2 Å². The zero-order valence-corrected chi connectivity index (χ0v) is 12.7. The third kappa shape index (κ3) is 1.88. The number of H-pyrrole nitrogens is 1. The molecule has 3 aromatic heterocycles. The topological polar surface area (TPSA) is 68.0 Å². The first-order valence-electron chi connectivity index (χ1n) is 5.91. The van der Waals surface area contributed by atoms with Crippen molar-refractivity contribution in [2.75, 3.05) is 0 Å². The monoisotopic (exact) mass is 369 g/mol. The fourth-order valence-electron chi connectivity index (χ4n) is 2.19. The number of aryl methyl sites for hydroxylation is 1. The number of halogens is 1. The van der Waals surface area contributed by atoms with Gasteiger partial charge in [-0.2, -0.15) is 9.61 Å². The molecule has 3 rings (SSSR count). The van der Waals surface area contributed by atoms with E-state index in [1.54, 1.807) is 12.5 Å². The highest BCUT2D eigenvalue weighted by Crippen LogP contribution is 2.15. The molecule has 0 saturated carbocycles. The van der Waals surface area contributed by atoms with E-state index in [1.807, 2.05) is 24.6 Å². The van der Waals surface area contributed by atoms with Crippen molar-refractivity contribution in [2.24, 2.45) is 0 Å². The van der Waals surface area contributed by atoms with E-state index >= 15 is 0 Å². The summed E-state index contributed by atoms with van der Waals surface area (Å²) >= 11 is 2.14. The third-order valence-electron chi connectivity index (χ3n) is 3.14. The van der Waals surface area contributed by atoms with Gasteiger partial charge in [-0.25, -0.2) is 4.98 Å². The molecule has 0 atom stereocenters. The zero-order chi connectivity index (χ0) is 13.6. The first kappa shape index (κ1) is 12.4. The van der Waals surface area contributed by atoms with Crippen molar-refractivity contribution in [2.45, 2.75) is 20.3 Å². The average Bonchev–Trinajstić information content (AvgIpc) is 2.96. The van der Waals surface area contributed by atoms with Crippen molar-refractivity contribution in [3.8, 4) is 5.69 Å². The first-order chi connectivity index (χ1) is 9.11. The van der Waals surface area contributed by atoms with Crippen molar-refractivity contribution < 1.29 is 0 Å². The van der Waals surface area contributed by atoms with E-state index in [0.29, 0.717) is 12.1 Å². The van der Waals surface area contributed by atoms with E-state index in [9.17, 15) is 4.79 Å². The van der Waals surface area contributed by atoms with Crippen LogP contribution in [0.15, 0.2) is 23.5 Å². The number of hydrogen-bond acceptors (Lipinski definition) is 3. The highest BCUT2D eigenvalue weighted by molar-refractivity contribution is 14.1. The average molecular weight is 369 g/mol. The van der Waals surface area contributed by atoms with Crippen LogP contribution in [0, 0.1) is 10.6 Å². The number of fused-ring (bicyclic) bond motifs is 1. The fraction of sp³-hybridized carbons (Fsp3) is 0.250. The van der Waals surface area contributed by atoms with Crippen molar-refractivity contribution in [3.63, 3.8) is 0 Å². The lowest BCUT2D eigenvalue weighted by molar-refractivity contribution is 0.853. The summed E-state index contributed by atoms with van der Waals surface area (Å²) < 4.78 is 4.15. The van der Waals surface area contributed by atoms with Gasteiger partial charge in [-0.15, -0.1) is 0 Å². The molecule has 0 aliphatic rings. The second kappa shape index (κ2) is 4.48. The van der Waals surface area contributed by atoms with E-state index in [4.69, 9.17) is 0 Å². The summed E-state index contributed by atoms with van der Waals surface area (Å²) in [5.74, 6) is 0. The Morgan fingerprint density at radius 3 is 2.89 bits per heavy atom. The Balaban J connectivity index is 2.33. The zero-order valence-electron chi connectivity index (χ0n) is 10.5. The van der Waals surface area contributed by atoms with Gasteiger partial charge in [-0.1, -0.05) is 6.92 Å². The van der Waals surface area contributed by atoms with Crippen LogP contribution in [0.25, 0.3) is 11.3 Å². The molecule has 0 unspecified atom stereocenters. The number of rotatable bonds is 2. The molecule has 7 heteroatoms. The molecule has 0 aromatic carbocycles. The van der Waals surface area contributed by atoms with E-state index < -0.39 is 0 Å². The van der Waals surface area contributed by atoms with Crippen molar-refractivity contribution in [1.82, 2.24) is 24.1 Å². The van der Waals surface area contributed by atoms with Gasteiger partial charge in [-0.05, 0) is 35.9 Å². The standard InChI is InChI=1S/C12H12IN5O/c1-3-8-7(2)16-11-9(4-15-18(11)12(8)19)17-5-10(13)14-6-17/h4-6,16H,3H2,1-2H3. The predicted molar refractivity (Wildman–Crippen MR) is 79.8 cm³/mol. The predicted octanol–water partition coefficient (Wildman–Crippen LogP) is 1.68. The van der Waals surface area contributed by atoms with Gasteiger partial charge >= 0.3 is 0 Å². The summed E-state index contributed by atoms with van der Waals surface area (Å²) in [6.45, 7) is 3.88. The molecule has 1 N–H and O–H groups in total. The smallest absolute Gasteiger partial charge is 0.277 e. The molecular weight excluding hydrogens is 357 g/mol. The molecule has 3 aromatic rings. The Kier molecular flexibility index (Phi) is 2.92. The van der Waals surface area contributed by atoms with E-state index in [2.05, 4.69) is 37.7 Å². The Morgan fingerprint density at radius 1 is 1.47 bits per heavy atom. The van der Waals surface area contributed by atoms with Crippen molar-refractivity contribution in [3.05, 3.63) is 44.0 Å². The number of aromatic nitrogens is 5.